The van der Waals surface area contributed by atoms with Gasteiger partial charge in [-0.1, -0.05) is 35.9 Å². The number of rotatable bonds is 9. The number of nitrogens with one attached hydrogen (secondary N) is 1. The highest BCUT2D eigenvalue weighted by molar-refractivity contribution is 5.75. The summed E-state index contributed by atoms with van der Waals surface area (Å²) in [6.45, 7) is 5.59. The molecule has 128 valence electrons. The van der Waals surface area contributed by atoms with Crippen LogP contribution in [0.5, 0.6) is 11.5 Å². The molecule has 1 amide bonds. The quantitative estimate of drug-likeness (QED) is 0.715. The first-order valence-corrected chi connectivity index (χ1v) is 8.30. The molecule has 24 heavy (non-hydrogen) atoms. The van der Waals surface area contributed by atoms with E-state index in [9.17, 15) is 4.79 Å². The Morgan fingerprint density at radius 1 is 1.00 bits per heavy atom. The summed E-state index contributed by atoms with van der Waals surface area (Å²) in [6, 6.07) is 15.7. The molecule has 0 saturated carbocycles. The first kappa shape index (κ1) is 17.9. The molecule has 2 rings (SSSR count). The fourth-order valence-corrected chi connectivity index (χ4v) is 2.34. The highest BCUT2D eigenvalue weighted by Crippen LogP contribution is 2.18. The summed E-state index contributed by atoms with van der Waals surface area (Å²) in [5.74, 6) is 1.72. The first-order chi connectivity index (χ1) is 11.6. The second-order valence-corrected chi connectivity index (χ2v) is 5.73. The van der Waals surface area contributed by atoms with Crippen molar-refractivity contribution in [2.75, 3.05) is 19.8 Å². The molecular formula is C20H25NO3. The molecule has 4 nitrogen and oxygen atoms in total. The minimum Gasteiger partial charge on any atom is -0.494 e. The number of carbonyl (C=O) groups excluding carboxylic acids is 1. The van der Waals surface area contributed by atoms with Gasteiger partial charge in [0.2, 0.25) is 5.91 Å². The Morgan fingerprint density at radius 2 is 1.79 bits per heavy atom. The van der Waals surface area contributed by atoms with Gasteiger partial charge >= 0.3 is 0 Å². The molecule has 2 aromatic carbocycles. The summed E-state index contributed by atoms with van der Waals surface area (Å²) in [7, 11) is 0. The van der Waals surface area contributed by atoms with Crippen LogP contribution in [0.4, 0.5) is 0 Å². The number of ether oxygens (including phenoxy) is 2. The van der Waals surface area contributed by atoms with Crippen LogP contribution in [0.3, 0.4) is 0 Å². The molecule has 0 spiro atoms. The van der Waals surface area contributed by atoms with Gasteiger partial charge in [0.05, 0.1) is 13.2 Å². The Labute approximate surface area is 143 Å². The average Bonchev–Trinajstić information content (AvgIpc) is 2.58. The summed E-state index contributed by atoms with van der Waals surface area (Å²) in [5.41, 5.74) is 2.32. The molecule has 0 heterocycles. The SMILES string of the molecule is Cc1ccc(OCCNC(=O)CCCOc2ccccc2)c(C)c1. The summed E-state index contributed by atoms with van der Waals surface area (Å²) in [4.78, 5) is 11.8. The van der Waals surface area contributed by atoms with Gasteiger partial charge in [-0.25, -0.2) is 0 Å². The van der Waals surface area contributed by atoms with Crippen LogP contribution in [-0.4, -0.2) is 25.7 Å². The van der Waals surface area contributed by atoms with Crippen molar-refractivity contribution in [3.63, 3.8) is 0 Å². The van der Waals surface area contributed by atoms with E-state index in [1.165, 1.54) is 5.56 Å². The van der Waals surface area contributed by atoms with E-state index in [1.54, 1.807) is 0 Å². The zero-order valence-electron chi connectivity index (χ0n) is 14.4. The van der Waals surface area contributed by atoms with E-state index in [0.29, 0.717) is 32.6 Å². The second-order valence-electron chi connectivity index (χ2n) is 5.73. The monoisotopic (exact) mass is 327 g/mol. The molecule has 0 bridgehead atoms. The third-order valence-electron chi connectivity index (χ3n) is 3.57. The van der Waals surface area contributed by atoms with Gasteiger partial charge in [0.1, 0.15) is 18.1 Å². The zero-order chi connectivity index (χ0) is 17.2. The van der Waals surface area contributed by atoms with Crippen molar-refractivity contribution < 1.29 is 14.3 Å². The van der Waals surface area contributed by atoms with Crippen molar-refractivity contribution in [1.82, 2.24) is 5.32 Å². The van der Waals surface area contributed by atoms with Crippen molar-refractivity contribution in [2.24, 2.45) is 0 Å². The van der Waals surface area contributed by atoms with Gasteiger partial charge in [-0.05, 0) is 44.0 Å². The maximum absolute atomic E-state index is 11.8. The van der Waals surface area contributed by atoms with Crippen molar-refractivity contribution in [1.29, 1.82) is 0 Å². The number of hydrogen-bond acceptors (Lipinski definition) is 3. The number of hydrogen-bond donors (Lipinski definition) is 1. The Kier molecular flexibility index (Phi) is 7.15. The van der Waals surface area contributed by atoms with Crippen LogP contribution in [-0.2, 0) is 4.79 Å². The van der Waals surface area contributed by atoms with Gasteiger partial charge in [-0.15, -0.1) is 0 Å². The molecule has 0 aliphatic rings. The Morgan fingerprint density at radius 3 is 2.54 bits per heavy atom. The number of carbonyl (C=O) groups is 1. The van der Waals surface area contributed by atoms with Gasteiger partial charge in [-0.2, -0.15) is 0 Å². The lowest BCUT2D eigenvalue weighted by Gasteiger charge is -2.10. The van der Waals surface area contributed by atoms with Crippen LogP contribution >= 0.6 is 0 Å². The Balaban J connectivity index is 1.55. The van der Waals surface area contributed by atoms with E-state index in [-0.39, 0.29) is 5.91 Å². The molecule has 4 heteroatoms. The van der Waals surface area contributed by atoms with E-state index in [2.05, 4.69) is 18.3 Å². The van der Waals surface area contributed by atoms with Crippen molar-refractivity contribution in [2.45, 2.75) is 26.7 Å². The van der Waals surface area contributed by atoms with Gasteiger partial charge < -0.3 is 14.8 Å². The smallest absolute Gasteiger partial charge is 0.220 e. The van der Waals surface area contributed by atoms with Crippen LogP contribution in [0.1, 0.15) is 24.0 Å². The van der Waals surface area contributed by atoms with Crippen molar-refractivity contribution in [3.05, 3.63) is 59.7 Å². The van der Waals surface area contributed by atoms with Gasteiger partial charge in [0.15, 0.2) is 0 Å². The molecule has 1 N–H and O–H groups in total. The number of aryl methyl sites for hydroxylation is 2. The molecule has 0 fully saturated rings. The largest absolute Gasteiger partial charge is 0.494 e. The maximum atomic E-state index is 11.8. The van der Waals surface area contributed by atoms with E-state index >= 15 is 0 Å². The Hall–Kier alpha value is -2.49. The molecule has 0 aliphatic carbocycles. The average molecular weight is 327 g/mol. The highest BCUT2D eigenvalue weighted by Gasteiger charge is 2.03. The standard InChI is InChI=1S/C20H25NO3/c1-16-10-11-19(17(2)15-16)24-14-12-21-20(22)9-6-13-23-18-7-4-3-5-8-18/h3-5,7-8,10-11,15H,6,9,12-14H2,1-2H3,(H,21,22). The fourth-order valence-electron chi connectivity index (χ4n) is 2.34. The molecule has 0 aliphatic heterocycles. The predicted molar refractivity (Wildman–Crippen MR) is 95.6 cm³/mol. The molecule has 0 radical (unpaired) electrons. The van der Waals surface area contributed by atoms with Gasteiger partial charge in [0, 0.05) is 6.42 Å². The van der Waals surface area contributed by atoms with Crippen LogP contribution < -0.4 is 14.8 Å². The van der Waals surface area contributed by atoms with E-state index in [0.717, 1.165) is 17.1 Å². The normalized spacial score (nSPS) is 10.2. The lowest BCUT2D eigenvalue weighted by atomic mass is 10.1. The van der Waals surface area contributed by atoms with Crippen LogP contribution in [0.25, 0.3) is 0 Å². The highest BCUT2D eigenvalue weighted by atomic mass is 16.5. The van der Waals surface area contributed by atoms with Crippen molar-refractivity contribution >= 4 is 5.91 Å². The number of amides is 1. The summed E-state index contributed by atoms with van der Waals surface area (Å²) >= 11 is 0. The first-order valence-electron chi connectivity index (χ1n) is 8.30. The minimum absolute atomic E-state index is 0.0240. The minimum atomic E-state index is 0.0240. The lowest BCUT2D eigenvalue weighted by molar-refractivity contribution is -0.121. The third kappa shape index (κ3) is 6.32. The topological polar surface area (TPSA) is 47.6 Å². The third-order valence-corrected chi connectivity index (χ3v) is 3.57. The molecular weight excluding hydrogens is 302 g/mol. The van der Waals surface area contributed by atoms with E-state index < -0.39 is 0 Å². The summed E-state index contributed by atoms with van der Waals surface area (Å²) in [6.07, 6.45) is 1.15. The lowest BCUT2D eigenvalue weighted by Crippen LogP contribution is -2.28. The van der Waals surface area contributed by atoms with E-state index in [4.69, 9.17) is 9.47 Å². The predicted octanol–water partition coefficient (Wildman–Crippen LogP) is 3.66. The van der Waals surface area contributed by atoms with Gasteiger partial charge in [0.25, 0.3) is 0 Å². The second kappa shape index (κ2) is 9.60. The molecule has 0 saturated heterocycles. The van der Waals surface area contributed by atoms with Crippen LogP contribution in [0, 0.1) is 13.8 Å². The summed E-state index contributed by atoms with van der Waals surface area (Å²) < 4.78 is 11.2. The van der Waals surface area contributed by atoms with Crippen LogP contribution in [0.2, 0.25) is 0 Å². The molecule has 0 atom stereocenters. The molecule has 0 unspecified atom stereocenters. The van der Waals surface area contributed by atoms with Gasteiger partial charge in [-0.3, -0.25) is 4.79 Å². The summed E-state index contributed by atoms with van der Waals surface area (Å²) in [5, 5.41) is 2.86. The number of benzene rings is 2. The Bertz CT molecular complexity index is 641. The fraction of sp³-hybridized carbons (Fsp3) is 0.350. The van der Waals surface area contributed by atoms with Crippen molar-refractivity contribution in [3.8, 4) is 11.5 Å². The van der Waals surface area contributed by atoms with Crippen LogP contribution in [0.15, 0.2) is 48.5 Å². The van der Waals surface area contributed by atoms with E-state index in [1.807, 2.05) is 49.4 Å². The zero-order valence-corrected chi connectivity index (χ0v) is 14.4. The molecule has 2 aromatic rings. The maximum Gasteiger partial charge on any atom is 0.220 e. The number of para-hydroxylation sites is 1. The molecule has 0 aromatic heterocycles.